The van der Waals surface area contributed by atoms with Crippen LogP contribution in [0.25, 0.3) is 0 Å². The van der Waals surface area contributed by atoms with Gasteiger partial charge >= 0.3 is 6.18 Å². The largest absolute Gasteiger partial charge is 0.393 e. The van der Waals surface area contributed by atoms with Crippen LogP contribution >= 0.6 is 0 Å². The number of halogens is 3. The van der Waals surface area contributed by atoms with Crippen molar-refractivity contribution < 1.29 is 18.3 Å². The molecule has 0 amide bonds. The van der Waals surface area contributed by atoms with Gasteiger partial charge < -0.3 is 10.4 Å². The zero-order chi connectivity index (χ0) is 8.48. The minimum absolute atomic E-state index is 0.0689. The molecule has 0 saturated carbocycles. The zero-order valence-corrected chi connectivity index (χ0v) is 5.86. The highest BCUT2D eigenvalue weighted by Gasteiger charge is 2.41. The molecule has 0 spiro atoms. The average Bonchev–Trinajstić information content (AvgIpc) is 1.86. The van der Waals surface area contributed by atoms with Crippen LogP contribution in [-0.4, -0.2) is 30.5 Å². The predicted molar refractivity (Wildman–Crippen MR) is 33.0 cm³/mol. The Balaban J connectivity index is 2.46. The fourth-order valence-corrected chi connectivity index (χ4v) is 1.17. The lowest BCUT2D eigenvalue weighted by molar-refractivity contribution is -0.185. The number of alkyl halides is 3. The number of piperidine rings is 1. The van der Waals surface area contributed by atoms with E-state index in [1.807, 2.05) is 0 Å². The summed E-state index contributed by atoms with van der Waals surface area (Å²) in [6, 6.07) is 0. The number of hydrogen-bond acceptors (Lipinski definition) is 2. The van der Waals surface area contributed by atoms with Crippen molar-refractivity contribution >= 4 is 0 Å². The van der Waals surface area contributed by atoms with E-state index in [4.69, 9.17) is 5.11 Å². The van der Waals surface area contributed by atoms with E-state index in [-0.39, 0.29) is 19.5 Å². The summed E-state index contributed by atoms with van der Waals surface area (Å²) in [7, 11) is 0. The van der Waals surface area contributed by atoms with E-state index in [1.54, 1.807) is 0 Å². The van der Waals surface area contributed by atoms with Gasteiger partial charge in [-0.15, -0.1) is 0 Å². The van der Waals surface area contributed by atoms with Gasteiger partial charge in [0.2, 0.25) is 0 Å². The molecule has 0 aromatic rings. The molecule has 11 heavy (non-hydrogen) atoms. The molecule has 1 saturated heterocycles. The van der Waals surface area contributed by atoms with E-state index in [0.717, 1.165) is 0 Å². The van der Waals surface area contributed by atoms with Crippen LogP contribution in [0.2, 0.25) is 0 Å². The highest BCUT2D eigenvalue weighted by atomic mass is 19.4. The van der Waals surface area contributed by atoms with Crippen LogP contribution in [0.3, 0.4) is 0 Å². The van der Waals surface area contributed by atoms with Crippen molar-refractivity contribution in [2.24, 2.45) is 5.92 Å². The molecule has 5 heteroatoms. The van der Waals surface area contributed by atoms with Crippen molar-refractivity contribution in [2.75, 3.05) is 13.1 Å². The van der Waals surface area contributed by atoms with Crippen LogP contribution in [0, 0.1) is 5.92 Å². The smallest absolute Gasteiger partial charge is 0.392 e. The molecular formula is C6H10F3NO. The van der Waals surface area contributed by atoms with Crippen LogP contribution in [0.4, 0.5) is 13.2 Å². The van der Waals surface area contributed by atoms with Gasteiger partial charge in [-0.2, -0.15) is 13.2 Å². The molecule has 1 rings (SSSR count). The molecule has 2 atom stereocenters. The molecule has 2 N–H and O–H groups in total. The minimum Gasteiger partial charge on any atom is -0.392 e. The summed E-state index contributed by atoms with van der Waals surface area (Å²) in [5.74, 6) is -1.38. The van der Waals surface area contributed by atoms with E-state index in [1.165, 1.54) is 0 Å². The molecule has 1 heterocycles. The van der Waals surface area contributed by atoms with Crippen molar-refractivity contribution in [2.45, 2.75) is 18.7 Å². The van der Waals surface area contributed by atoms with Crippen LogP contribution in [0.15, 0.2) is 0 Å². The number of hydrogen-bond donors (Lipinski definition) is 2. The van der Waals surface area contributed by atoms with Gasteiger partial charge in [-0.05, 0) is 6.42 Å². The van der Waals surface area contributed by atoms with Crippen molar-refractivity contribution in [3.8, 4) is 0 Å². The molecule has 1 aliphatic rings. The summed E-state index contributed by atoms with van der Waals surface area (Å²) in [5, 5.41) is 11.4. The Labute approximate surface area is 62.4 Å². The molecule has 0 unspecified atom stereocenters. The normalized spacial score (nSPS) is 33.8. The number of aliphatic hydroxyl groups excluding tert-OH is 1. The van der Waals surface area contributed by atoms with E-state index >= 15 is 0 Å². The summed E-state index contributed by atoms with van der Waals surface area (Å²) in [6.07, 6.45) is -5.19. The van der Waals surface area contributed by atoms with E-state index in [0.29, 0.717) is 0 Å². The molecule has 2 nitrogen and oxygen atoms in total. The Morgan fingerprint density at radius 1 is 1.27 bits per heavy atom. The second-order valence-electron chi connectivity index (χ2n) is 2.79. The lowest BCUT2D eigenvalue weighted by atomic mass is 9.97. The predicted octanol–water partition coefficient (Wildman–Crippen LogP) is 0.519. The lowest BCUT2D eigenvalue weighted by Gasteiger charge is -2.28. The van der Waals surface area contributed by atoms with Gasteiger partial charge in [-0.3, -0.25) is 0 Å². The Morgan fingerprint density at radius 2 is 1.91 bits per heavy atom. The van der Waals surface area contributed by atoms with Crippen LogP contribution in [-0.2, 0) is 0 Å². The summed E-state index contributed by atoms with van der Waals surface area (Å²) in [6.45, 7) is 0.202. The third-order valence-electron chi connectivity index (χ3n) is 1.79. The van der Waals surface area contributed by atoms with Crippen molar-refractivity contribution in [1.82, 2.24) is 5.32 Å². The molecule has 0 bridgehead atoms. The maximum Gasteiger partial charge on any atom is 0.393 e. The van der Waals surface area contributed by atoms with Crippen LogP contribution < -0.4 is 5.32 Å². The Kier molecular flexibility index (Phi) is 2.39. The number of nitrogens with one attached hydrogen (secondary N) is 1. The van der Waals surface area contributed by atoms with Gasteiger partial charge in [0, 0.05) is 13.1 Å². The quantitative estimate of drug-likeness (QED) is 0.554. The number of rotatable bonds is 0. The maximum absolute atomic E-state index is 12.0. The van der Waals surface area contributed by atoms with Crippen molar-refractivity contribution in [3.05, 3.63) is 0 Å². The Morgan fingerprint density at radius 3 is 2.27 bits per heavy atom. The van der Waals surface area contributed by atoms with Gasteiger partial charge in [0.25, 0.3) is 0 Å². The first-order valence-electron chi connectivity index (χ1n) is 3.45. The third-order valence-corrected chi connectivity index (χ3v) is 1.79. The summed E-state index contributed by atoms with van der Waals surface area (Å²) >= 11 is 0. The van der Waals surface area contributed by atoms with Crippen LogP contribution in [0.5, 0.6) is 0 Å². The molecule has 0 aliphatic carbocycles. The molecule has 0 aromatic heterocycles. The van der Waals surface area contributed by atoms with Gasteiger partial charge in [-0.25, -0.2) is 0 Å². The molecule has 0 aromatic carbocycles. The minimum atomic E-state index is -4.17. The first-order chi connectivity index (χ1) is 5.00. The Bertz CT molecular complexity index is 136. The van der Waals surface area contributed by atoms with Gasteiger partial charge in [0.15, 0.2) is 0 Å². The molecular weight excluding hydrogens is 159 g/mol. The fourth-order valence-electron chi connectivity index (χ4n) is 1.17. The molecule has 66 valence electrons. The van der Waals surface area contributed by atoms with Crippen molar-refractivity contribution in [1.29, 1.82) is 0 Å². The van der Waals surface area contributed by atoms with Crippen molar-refractivity contribution in [3.63, 3.8) is 0 Å². The van der Waals surface area contributed by atoms with Gasteiger partial charge in [0.1, 0.15) is 0 Å². The van der Waals surface area contributed by atoms with E-state index in [2.05, 4.69) is 5.32 Å². The summed E-state index contributed by atoms with van der Waals surface area (Å²) < 4.78 is 35.9. The number of aliphatic hydroxyl groups is 1. The topological polar surface area (TPSA) is 32.3 Å². The van der Waals surface area contributed by atoms with E-state index in [9.17, 15) is 13.2 Å². The third kappa shape index (κ3) is 2.34. The molecule has 1 aliphatic heterocycles. The second kappa shape index (κ2) is 2.98. The monoisotopic (exact) mass is 169 g/mol. The standard InChI is InChI=1S/C6H10F3NO/c7-6(8,9)4-1-5(11)3-10-2-4/h4-5,10-11H,1-3H2/t4-,5-/m0/s1. The summed E-state index contributed by atoms with van der Waals surface area (Å²) in [5.41, 5.74) is 0. The molecule has 1 fully saturated rings. The highest BCUT2D eigenvalue weighted by molar-refractivity contribution is 4.79. The zero-order valence-electron chi connectivity index (χ0n) is 5.86. The molecule has 0 radical (unpaired) electrons. The lowest BCUT2D eigenvalue weighted by Crippen LogP contribution is -2.45. The summed E-state index contributed by atoms with van der Waals surface area (Å²) in [4.78, 5) is 0. The first-order valence-corrected chi connectivity index (χ1v) is 3.45. The Hall–Kier alpha value is -0.290. The SMILES string of the molecule is O[C@@H]1CNC[C@@H](C(F)(F)F)C1. The first kappa shape index (κ1) is 8.80. The highest BCUT2D eigenvalue weighted by Crippen LogP contribution is 2.30. The van der Waals surface area contributed by atoms with Gasteiger partial charge in [0.05, 0.1) is 12.0 Å². The van der Waals surface area contributed by atoms with Crippen LogP contribution in [0.1, 0.15) is 6.42 Å². The van der Waals surface area contributed by atoms with Gasteiger partial charge in [-0.1, -0.05) is 0 Å². The fraction of sp³-hybridized carbons (Fsp3) is 1.00. The maximum atomic E-state index is 12.0. The number of β-amino-alcohol motifs (C(OH)–C–C–N with tert-alkyl or cyclic N) is 1. The average molecular weight is 169 g/mol. The second-order valence-corrected chi connectivity index (χ2v) is 2.79. The van der Waals surface area contributed by atoms with E-state index < -0.39 is 18.2 Å².